The molecule has 4 fully saturated rings. The van der Waals surface area contributed by atoms with Gasteiger partial charge in [-0.15, -0.1) is 0 Å². The number of ketones is 2. The fraction of sp³-hybridized carbons (Fsp3) is 0.576. The Balaban J connectivity index is 1.26. The van der Waals surface area contributed by atoms with Gasteiger partial charge in [0, 0.05) is 11.1 Å². The highest BCUT2D eigenvalue weighted by atomic mass is 16.6. The molecule has 2 saturated heterocycles. The Morgan fingerprint density at radius 3 is 1.51 bits per heavy atom. The van der Waals surface area contributed by atoms with Crippen LogP contribution in [-0.4, -0.2) is 59.9 Å². The van der Waals surface area contributed by atoms with Gasteiger partial charge in [-0.2, -0.15) is 0 Å². The minimum atomic E-state index is -1.19. The molecule has 0 bridgehead atoms. The number of hydrogen-bond donors (Lipinski definition) is 0. The van der Waals surface area contributed by atoms with Crippen LogP contribution >= 0.6 is 0 Å². The van der Waals surface area contributed by atoms with Crippen molar-refractivity contribution in [3.05, 3.63) is 48.6 Å². The third-order valence-corrected chi connectivity index (χ3v) is 11.1. The molecule has 0 aromatic carbocycles. The zero-order valence-corrected chi connectivity index (χ0v) is 24.7. The van der Waals surface area contributed by atoms with Crippen LogP contribution in [0.3, 0.4) is 0 Å². The summed E-state index contributed by atoms with van der Waals surface area (Å²) in [5, 5.41) is 0. The molecule has 2 heterocycles. The van der Waals surface area contributed by atoms with Gasteiger partial charge in [-0.3, -0.25) is 19.2 Å². The molecule has 0 radical (unpaired) electrons. The van der Waals surface area contributed by atoms with Crippen LogP contribution in [0.1, 0.15) is 47.0 Å². The molecule has 2 saturated carbocycles. The molecule has 4 aliphatic carbocycles. The maximum atomic E-state index is 13.4. The lowest BCUT2D eigenvalue weighted by atomic mass is 9.67. The Morgan fingerprint density at radius 2 is 1.14 bits per heavy atom. The molecule has 0 spiro atoms. The molecule has 0 amide bonds. The first kappa shape index (κ1) is 29.3. The molecule has 0 aromatic rings. The third-order valence-electron chi connectivity index (χ3n) is 11.1. The van der Waals surface area contributed by atoms with Crippen molar-refractivity contribution in [2.24, 2.45) is 46.3 Å². The minimum Gasteiger partial charge on any atom is -0.460 e. The molecular formula is C33H36O10. The second kappa shape index (κ2) is 9.86. The van der Waals surface area contributed by atoms with E-state index < -0.39 is 77.4 Å². The number of carbonyl (C=O) groups excluding carboxylic acids is 6. The number of allylic oxidation sites excluding steroid dienone is 4. The Morgan fingerprint density at radius 1 is 0.767 bits per heavy atom. The van der Waals surface area contributed by atoms with E-state index in [0.717, 1.165) is 0 Å². The quantitative estimate of drug-likeness (QED) is 0.207. The standard InChI is InChI=1S/C33H36O10/c1-14-11-20-26(16(3)30(38)40-20)28(32(5)18(14)7-9-22(32)34)42-24(36)13-25(37)43-29-27-17(4)31(39)41-21(27)12-15(2)19-8-10-23(35)33(19,29)6/h7-10,14-15,18-21,26-29H,3-4,11-13H2,1-2,5-6H3/t14-,15-,18+,19+,20-,21-,26-,27-,28+,29+,32+,33+/m1/s1. The summed E-state index contributed by atoms with van der Waals surface area (Å²) in [6.45, 7) is 15.1. The van der Waals surface area contributed by atoms with Crippen LogP contribution in [0, 0.1) is 46.3 Å². The number of hydrogen-bond acceptors (Lipinski definition) is 10. The Bertz CT molecular complexity index is 1330. The zero-order chi connectivity index (χ0) is 31.2. The molecule has 10 heteroatoms. The second-order valence-electron chi connectivity index (χ2n) is 13.5. The summed E-state index contributed by atoms with van der Waals surface area (Å²) >= 11 is 0. The molecule has 2 aliphatic heterocycles. The number of ether oxygens (including phenoxy) is 4. The SMILES string of the molecule is C=C1C(=O)O[C@@H]2C[C@@H](C)[C@@H]3C=CC(=O)[C@@]3(C)[C@@H](OC(=O)CC(=O)O[C@H]3[C@@H]4C(=C)C(=O)O[C@@H]4C[C@@H](C)[C@@H]4C=CC(=O)[C@]43C)[C@H]12. The van der Waals surface area contributed by atoms with Gasteiger partial charge >= 0.3 is 23.9 Å². The molecule has 6 aliphatic rings. The molecule has 43 heavy (non-hydrogen) atoms. The Hall–Kier alpha value is -3.82. The van der Waals surface area contributed by atoms with Gasteiger partial charge in [-0.05, 0) is 62.5 Å². The highest BCUT2D eigenvalue weighted by Crippen LogP contribution is 2.56. The first-order chi connectivity index (χ1) is 20.2. The van der Waals surface area contributed by atoms with Crippen LogP contribution in [0.4, 0.5) is 0 Å². The lowest BCUT2D eigenvalue weighted by Crippen LogP contribution is -2.50. The maximum Gasteiger partial charge on any atom is 0.334 e. The van der Waals surface area contributed by atoms with Crippen LogP contribution in [0.5, 0.6) is 0 Å². The van der Waals surface area contributed by atoms with E-state index in [1.165, 1.54) is 12.2 Å². The van der Waals surface area contributed by atoms with E-state index in [1.807, 2.05) is 13.8 Å². The van der Waals surface area contributed by atoms with E-state index in [-0.39, 0.29) is 46.4 Å². The van der Waals surface area contributed by atoms with Crippen molar-refractivity contribution in [3.63, 3.8) is 0 Å². The van der Waals surface area contributed by atoms with Crippen molar-refractivity contribution >= 4 is 35.4 Å². The van der Waals surface area contributed by atoms with Gasteiger partial charge in [-0.25, -0.2) is 9.59 Å². The average molecular weight is 593 g/mol. The van der Waals surface area contributed by atoms with Crippen LogP contribution in [0.2, 0.25) is 0 Å². The van der Waals surface area contributed by atoms with E-state index >= 15 is 0 Å². The summed E-state index contributed by atoms with van der Waals surface area (Å²) < 4.78 is 23.0. The molecule has 0 N–H and O–H groups in total. The predicted molar refractivity (Wildman–Crippen MR) is 148 cm³/mol. The van der Waals surface area contributed by atoms with Crippen molar-refractivity contribution < 1.29 is 47.7 Å². The van der Waals surface area contributed by atoms with Crippen molar-refractivity contribution in [1.82, 2.24) is 0 Å². The maximum absolute atomic E-state index is 13.4. The van der Waals surface area contributed by atoms with Gasteiger partial charge in [0.05, 0.1) is 22.7 Å². The van der Waals surface area contributed by atoms with Gasteiger partial charge < -0.3 is 18.9 Å². The molecule has 12 atom stereocenters. The van der Waals surface area contributed by atoms with Gasteiger partial charge in [0.1, 0.15) is 30.8 Å². The molecule has 10 nitrogen and oxygen atoms in total. The second-order valence-corrected chi connectivity index (χ2v) is 13.5. The monoisotopic (exact) mass is 592 g/mol. The van der Waals surface area contributed by atoms with Crippen molar-refractivity contribution in [2.75, 3.05) is 0 Å². The summed E-state index contributed by atoms with van der Waals surface area (Å²) in [6.07, 6.45) is 3.17. The van der Waals surface area contributed by atoms with Gasteiger partial charge in [0.25, 0.3) is 0 Å². The number of carbonyl (C=O) groups is 6. The predicted octanol–water partition coefficient (Wildman–Crippen LogP) is 3.00. The van der Waals surface area contributed by atoms with Gasteiger partial charge in [0.15, 0.2) is 11.6 Å². The number of rotatable bonds is 4. The van der Waals surface area contributed by atoms with Gasteiger partial charge in [-0.1, -0.05) is 39.2 Å². The van der Waals surface area contributed by atoms with E-state index in [0.29, 0.717) is 12.8 Å². The van der Waals surface area contributed by atoms with Gasteiger partial charge in [0.2, 0.25) is 0 Å². The molecule has 0 aromatic heterocycles. The summed E-state index contributed by atoms with van der Waals surface area (Å²) in [5.74, 6) is -5.81. The summed E-state index contributed by atoms with van der Waals surface area (Å²) in [4.78, 5) is 78.4. The first-order valence-corrected chi connectivity index (χ1v) is 14.8. The van der Waals surface area contributed by atoms with Crippen LogP contribution in [0.15, 0.2) is 48.6 Å². The minimum absolute atomic E-state index is 0.0613. The van der Waals surface area contributed by atoms with Crippen molar-refractivity contribution in [2.45, 2.75) is 71.4 Å². The normalized spacial score (nSPS) is 44.6. The number of fused-ring (bicyclic) bond motifs is 4. The zero-order valence-electron chi connectivity index (χ0n) is 24.7. The van der Waals surface area contributed by atoms with Crippen molar-refractivity contribution in [1.29, 1.82) is 0 Å². The van der Waals surface area contributed by atoms with E-state index in [9.17, 15) is 28.8 Å². The van der Waals surface area contributed by atoms with E-state index in [4.69, 9.17) is 18.9 Å². The van der Waals surface area contributed by atoms with Crippen LogP contribution in [0.25, 0.3) is 0 Å². The third kappa shape index (κ3) is 4.12. The Labute approximate surface area is 249 Å². The fourth-order valence-electron chi connectivity index (χ4n) is 8.78. The van der Waals surface area contributed by atoms with Crippen LogP contribution < -0.4 is 0 Å². The topological polar surface area (TPSA) is 139 Å². The van der Waals surface area contributed by atoms with E-state index in [2.05, 4.69) is 13.2 Å². The molecular weight excluding hydrogens is 556 g/mol. The largest absolute Gasteiger partial charge is 0.460 e. The number of esters is 4. The average Bonchev–Trinajstić information content (AvgIpc) is 3.56. The smallest absolute Gasteiger partial charge is 0.334 e. The lowest BCUT2D eigenvalue weighted by Gasteiger charge is -2.40. The summed E-state index contributed by atoms with van der Waals surface area (Å²) in [6, 6.07) is 0. The Kier molecular flexibility index (Phi) is 6.71. The lowest BCUT2D eigenvalue weighted by molar-refractivity contribution is -0.174. The highest BCUT2D eigenvalue weighted by Gasteiger charge is 2.63. The first-order valence-electron chi connectivity index (χ1n) is 14.8. The fourth-order valence-corrected chi connectivity index (χ4v) is 8.78. The van der Waals surface area contributed by atoms with Crippen molar-refractivity contribution in [3.8, 4) is 0 Å². The molecule has 228 valence electrons. The molecule has 0 unspecified atom stereocenters. The van der Waals surface area contributed by atoms with Crippen LogP contribution in [-0.2, 0) is 47.7 Å². The van der Waals surface area contributed by atoms with E-state index in [1.54, 1.807) is 26.0 Å². The highest BCUT2D eigenvalue weighted by molar-refractivity contribution is 6.01. The summed E-state index contributed by atoms with van der Waals surface area (Å²) in [7, 11) is 0. The summed E-state index contributed by atoms with van der Waals surface area (Å²) in [5.41, 5.74) is -2.15. The molecule has 6 rings (SSSR count).